The summed E-state index contributed by atoms with van der Waals surface area (Å²) in [6.45, 7) is 3.44. The number of aromatic nitrogens is 3. The summed E-state index contributed by atoms with van der Waals surface area (Å²) in [7, 11) is 19.2. The number of hydrogen-bond donors (Lipinski definition) is 4. The number of pyridine rings is 1. The van der Waals surface area contributed by atoms with Crippen LogP contribution in [-0.2, 0) is 21.8 Å². The van der Waals surface area contributed by atoms with Crippen molar-refractivity contribution in [3.63, 3.8) is 0 Å². The molecule has 3 heterocycles. The molecule has 4 rings (SSSR count). The van der Waals surface area contributed by atoms with Gasteiger partial charge in [-0.25, -0.2) is 9.37 Å². The van der Waals surface area contributed by atoms with Gasteiger partial charge in [0.1, 0.15) is 20.4 Å². The summed E-state index contributed by atoms with van der Waals surface area (Å²) in [5, 5.41) is 5.42. The van der Waals surface area contributed by atoms with Crippen molar-refractivity contribution in [1.82, 2.24) is 14.8 Å². The number of aryl methyl sites for hydroxylation is 1. The fourth-order valence-electron chi connectivity index (χ4n) is 4.52. The summed E-state index contributed by atoms with van der Waals surface area (Å²) in [6, 6.07) is 5.44. The fraction of sp³-hybridized carbons (Fsp3) is 0.292. The third-order valence-electron chi connectivity index (χ3n) is 6.29. The second-order valence-corrected chi connectivity index (χ2v) is 10.2. The van der Waals surface area contributed by atoms with Gasteiger partial charge >= 0.3 is 8.60 Å². The van der Waals surface area contributed by atoms with Crippen LogP contribution in [0.25, 0.3) is 17.0 Å². The van der Waals surface area contributed by atoms with Gasteiger partial charge in [0.05, 0.1) is 26.9 Å². The third kappa shape index (κ3) is 5.64. The lowest BCUT2D eigenvalue weighted by Crippen LogP contribution is -2.36. The lowest BCUT2D eigenvalue weighted by Gasteiger charge is -2.34. The average Bonchev–Trinajstić information content (AvgIpc) is 3.23. The molecule has 0 amide bonds. The smallest absolute Gasteiger partial charge is 0.328 e. The molecule has 0 unspecified atom stereocenters. The van der Waals surface area contributed by atoms with E-state index in [2.05, 4.69) is 20.4 Å². The van der Waals surface area contributed by atoms with E-state index in [0.29, 0.717) is 17.8 Å². The zero-order valence-corrected chi connectivity index (χ0v) is 23.5. The maximum Gasteiger partial charge on any atom is 0.328 e. The van der Waals surface area contributed by atoms with Gasteiger partial charge in [0, 0.05) is 48.4 Å². The Labute approximate surface area is 241 Å². The third-order valence-corrected chi connectivity index (χ3v) is 6.92. The van der Waals surface area contributed by atoms with Crippen molar-refractivity contribution in [3.8, 4) is 17.0 Å². The maximum absolute atomic E-state index is 14.6. The van der Waals surface area contributed by atoms with Crippen molar-refractivity contribution in [2.24, 2.45) is 10.7 Å². The van der Waals surface area contributed by atoms with E-state index >= 15 is 0 Å². The van der Waals surface area contributed by atoms with E-state index in [-0.39, 0.29) is 51.4 Å². The normalized spacial score (nSPS) is 20.4. The maximum atomic E-state index is 14.6. The van der Waals surface area contributed by atoms with Gasteiger partial charge in [0.25, 0.3) is 0 Å². The quantitative estimate of drug-likeness (QED) is 0.152. The molecule has 202 valence electrons. The van der Waals surface area contributed by atoms with Gasteiger partial charge in [-0.05, 0) is 54.5 Å². The second-order valence-electron chi connectivity index (χ2n) is 9.09. The van der Waals surface area contributed by atoms with Crippen LogP contribution >= 0.6 is 20.2 Å². The number of aliphatic imine (C=N–C) groups is 1. The van der Waals surface area contributed by atoms with Gasteiger partial charge in [-0.3, -0.25) is 14.2 Å². The summed E-state index contributed by atoms with van der Waals surface area (Å²) >= 11 is 6.64. The van der Waals surface area contributed by atoms with Crippen LogP contribution in [-0.4, -0.2) is 68.1 Å². The lowest BCUT2D eigenvalue weighted by atomic mass is 9.47. The van der Waals surface area contributed by atoms with Crippen LogP contribution in [0.2, 0.25) is 5.15 Å². The van der Waals surface area contributed by atoms with Crippen molar-refractivity contribution in [3.05, 3.63) is 63.7 Å². The fourth-order valence-corrected chi connectivity index (χ4v) is 5.04. The number of rotatable bonds is 6. The topological polar surface area (TPSA) is 140 Å². The molecule has 16 heteroatoms. The first-order chi connectivity index (χ1) is 18.8. The van der Waals surface area contributed by atoms with Crippen molar-refractivity contribution in [2.75, 3.05) is 19.1 Å². The Morgan fingerprint density at radius 3 is 2.70 bits per heavy atom. The van der Waals surface area contributed by atoms with E-state index in [9.17, 15) is 4.39 Å². The lowest BCUT2D eigenvalue weighted by molar-refractivity contribution is 0.178. The average molecular weight is 578 g/mol. The molecule has 40 heavy (non-hydrogen) atoms. The van der Waals surface area contributed by atoms with Gasteiger partial charge in [-0.15, -0.1) is 0 Å². The number of nitrogens with one attached hydrogen (secondary N) is 1. The molecule has 0 spiro atoms. The summed E-state index contributed by atoms with van der Waals surface area (Å²) in [4.78, 5) is 26.8. The SMILES string of the molecule is [B]C1([B])/C(C=NC)=C(/N)c2ccc(F)cc2[C@@]([B])(C)Oc2cc(cnc2NCOP(O)O)-c2c1c(Cl)nn2CC. The molecular formula is C24H24B3ClFN6O4P. The van der Waals surface area contributed by atoms with E-state index in [1.54, 1.807) is 10.7 Å². The molecule has 0 fully saturated rings. The summed E-state index contributed by atoms with van der Waals surface area (Å²) in [5.74, 6) is -0.356. The molecule has 1 aliphatic rings. The Bertz CT molecular complexity index is 1500. The molecule has 1 atom stereocenters. The Morgan fingerprint density at radius 1 is 1.32 bits per heavy atom. The minimum atomic E-state index is -2.63. The number of anilines is 1. The molecule has 3 aromatic rings. The molecular weight excluding hydrogens is 554 g/mol. The molecule has 1 aliphatic heterocycles. The minimum absolute atomic E-state index is 0.0222. The van der Waals surface area contributed by atoms with Crippen molar-refractivity contribution in [2.45, 2.75) is 31.1 Å². The van der Waals surface area contributed by atoms with E-state index in [1.807, 2.05) is 6.92 Å². The van der Waals surface area contributed by atoms with Gasteiger partial charge in [0.15, 0.2) is 16.7 Å². The van der Waals surface area contributed by atoms with Gasteiger partial charge in [-0.1, -0.05) is 11.6 Å². The van der Waals surface area contributed by atoms with E-state index < -0.39 is 25.1 Å². The molecule has 0 saturated carbocycles. The van der Waals surface area contributed by atoms with Crippen molar-refractivity contribution >= 4 is 61.5 Å². The van der Waals surface area contributed by atoms with Crippen LogP contribution in [0.5, 0.6) is 5.75 Å². The summed E-state index contributed by atoms with van der Waals surface area (Å²) < 4.78 is 27.3. The first-order valence-corrected chi connectivity index (χ1v) is 13.5. The first-order valence-electron chi connectivity index (χ1n) is 11.9. The Hall–Kier alpha value is -2.89. The Morgan fingerprint density at radius 2 is 2.05 bits per heavy atom. The zero-order valence-electron chi connectivity index (χ0n) is 21.9. The highest BCUT2D eigenvalue weighted by atomic mass is 35.5. The summed E-state index contributed by atoms with van der Waals surface area (Å²) in [6.07, 6.45) is 2.89. The van der Waals surface area contributed by atoms with Crippen LogP contribution in [0, 0.1) is 5.82 Å². The number of nitrogens with two attached hydrogens (primary N) is 1. The van der Waals surface area contributed by atoms with Gasteiger partial charge in [-0.2, -0.15) is 5.10 Å². The molecule has 5 N–H and O–H groups in total. The predicted molar refractivity (Wildman–Crippen MR) is 156 cm³/mol. The molecule has 10 nitrogen and oxygen atoms in total. The number of ether oxygens (including phenoxy) is 1. The minimum Gasteiger partial charge on any atom is -0.489 e. The van der Waals surface area contributed by atoms with Crippen LogP contribution in [0.3, 0.4) is 0 Å². The number of allylic oxidation sites excluding steroid dienone is 1. The highest BCUT2D eigenvalue weighted by Gasteiger charge is 2.37. The number of halogens is 2. The largest absolute Gasteiger partial charge is 0.489 e. The van der Waals surface area contributed by atoms with Crippen LogP contribution in [0.4, 0.5) is 10.2 Å². The monoisotopic (exact) mass is 578 g/mol. The van der Waals surface area contributed by atoms with Crippen LogP contribution < -0.4 is 15.8 Å². The van der Waals surface area contributed by atoms with Crippen molar-refractivity contribution in [1.29, 1.82) is 0 Å². The second kappa shape index (κ2) is 11.5. The molecule has 0 aliphatic carbocycles. The summed E-state index contributed by atoms with van der Waals surface area (Å²) in [5.41, 5.74) is 6.80. The van der Waals surface area contributed by atoms with Crippen molar-refractivity contribution < 1.29 is 23.4 Å². The number of benzene rings is 1. The standard InChI is InChI=1S/C24H24B3ClFN6O4P/c1-4-35-20-12-7-17(22(32-9-12)33-11-38-40(36)37)39-23(2,25)15-8-13(29)5-6-14(15)19(30)16(10-31-3)24(26,27)18(20)21(28)34-35/h5-10,36-37H,4,11,30H2,1-3H3,(H,32,33)/b19-16+,31-10?/t23-/m1/s1. The highest BCUT2D eigenvalue weighted by molar-refractivity contribution is 7.39. The zero-order chi connectivity index (χ0) is 29.4. The molecule has 0 saturated heterocycles. The molecule has 6 radical (unpaired) electrons. The predicted octanol–water partition coefficient (Wildman–Crippen LogP) is 2.65. The Kier molecular flexibility index (Phi) is 8.68. The molecule has 2 bridgehead atoms. The van der Waals surface area contributed by atoms with E-state index in [0.717, 1.165) is 0 Å². The van der Waals surface area contributed by atoms with Crippen LogP contribution in [0.15, 0.2) is 41.0 Å². The first kappa shape index (κ1) is 30.1. The van der Waals surface area contributed by atoms with Crippen LogP contribution in [0.1, 0.15) is 30.5 Å². The van der Waals surface area contributed by atoms with Gasteiger partial charge < -0.3 is 25.6 Å². The highest BCUT2D eigenvalue weighted by Crippen LogP contribution is 2.44. The van der Waals surface area contributed by atoms with E-state index in [4.69, 9.17) is 59.9 Å². The molecule has 1 aromatic carbocycles. The molecule has 2 aromatic heterocycles. The van der Waals surface area contributed by atoms with E-state index in [1.165, 1.54) is 44.6 Å². The Balaban J connectivity index is 2.11. The number of fused-ring (bicyclic) bond motifs is 5. The number of hydrogen-bond acceptors (Lipinski definition) is 9. The number of nitrogens with zero attached hydrogens (tertiary/aromatic N) is 4. The van der Waals surface area contributed by atoms with Gasteiger partial charge in [0.2, 0.25) is 0 Å².